The number of rotatable bonds is 3. The van der Waals surface area contributed by atoms with Gasteiger partial charge in [0, 0.05) is 6.07 Å². The van der Waals surface area contributed by atoms with Crippen molar-refractivity contribution in [1.29, 1.82) is 0 Å². The second-order valence-electron chi connectivity index (χ2n) is 4.31. The van der Waals surface area contributed by atoms with Gasteiger partial charge in [0.1, 0.15) is 16.3 Å². The van der Waals surface area contributed by atoms with Crippen LogP contribution in [-0.2, 0) is 6.54 Å². The van der Waals surface area contributed by atoms with Crippen molar-refractivity contribution in [2.45, 2.75) is 6.54 Å². The van der Waals surface area contributed by atoms with Crippen molar-refractivity contribution < 1.29 is 4.92 Å². The lowest BCUT2D eigenvalue weighted by Crippen LogP contribution is -2.02. The first-order chi connectivity index (χ1) is 10.1. The predicted octanol–water partition coefficient (Wildman–Crippen LogP) is 2.13. The lowest BCUT2D eigenvalue weighted by Gasteiger charge is -2.06. The first-order valence-electron chi connectivity index (χ1n) is 5.91. The SMILES string of the molecule is Nc1ncnc2c1ncn2Cc1cccc([N+](=O)[O-])c1Br. The number of halogens is 1. The minimum absolute atomic E-state index is 0.0195. The molecule has 9 heteroatoms. The van der Waals surface area contributed by atoms with Crippen molar-refractivity contribution >= 4 is 38.6 Å². The summed E-state index contributed by atoms with van der Waals surface area (Å²) in [7, 11) is 0. The van der Waals surface area contributed by atoms with E-state index in [9.17, 15) is 10.1 Å². The maximum absolute atomic E-state index is 11.0. The third-order valence-corrected chi connectivity index (χ3v) is 3.94. The molecule has 0 amide bonds. The number of fused-ring (bicyclic) bond motifs is 1. The van der Waals surface area contributed by atoms with Gasteiger partial charge in [-0.15, -0.1) is 0 Å². The lowest BCUT2D eigenvalue weighted by molar-refractivity contribution is -0.385. The molecular formula is C12H9BrN6O2. The standard InChI is InChI=1S/C12H9BrN6O2/c13-9-7(2-1-3-8(9)19(20)21)4-18-6-17-10-11(14)15-5-16-12(10)18/h1-3,5-6H,4H2,(H2,14,15,16). The van der Waals surface area contributed by atoms with Crippen molar-refractivity contribution in [2.24, 2.45) is 0 Å². The highest BCUT2D eigenvalue weighted by molar-refractivity contribution is 9.10. The monoisotopic (exact) mass is 348 g/mol. The minimum Gasteiger partial charge on any atom is -0.382 e. The van der Waals surface area contributed by atoms with Crippen LogP contribution in [0.1, 0.15) is 5.56 Å². The molecule has 0 spiro atoms. The maximum Gasteiger partial charge on any atom is 0.283 e. The molecule has 2 aromatic heterocycles. The number of hydrogen-bond donors (Lipinski definition) is 1. The molecule has 3 aromatic rings. The number of imidazole rings is 1. The summed E-state index contributed by atoms with van der Waals surface area (Å²) in [6.45, 7) is 0.384. The van der Waals surface area contributed by atoms with E-state index in [1.54, 1.807) is 23.0 Å². The van der Waals surface area contributed by atoms with Crippen molar-refractivity contribution in [1.82, 2.24) is 19.5 Å². The molecule has 0 aliphatic rings. The quantitative estimate of drug-likeness (QED) is 0.572. The van der Waals surface area contributed by atoms with Crippen LogP contribution in [0, 0.1) is 10.1 Å². The topological polar surface area (TPSA) is 113 Å². The molecule has 0 saturated heterocycles. The number of anilines is 1. The number of aromatic nitrogens is 4. The van der Waals surface area contributed by atoms with Gasteiger partial charge in [0.2, 0.25) is 0 Å². The lowest BCUT2D eigenvalue weighted by atomic mass is 10.2. The summed E-state index contributed by atoms with van der Waals surface area (Å²) in [6, 6.07) is 4.88. The van der Waals surface area contributed by atoms with Crippen molar-refractivity contribution in [2.75, 3.05) is 5.73 Å². The van der Waals surface area contributed by atoms with E-state index in [2.05, 4.69) is 30.9 Å². The second kappa shape index (κ2) is 5.09. The van der Waals surface area contributed by atoms with E-state index in [1.807, 2.05) is 0 Å². The molecule has 106 valence electrons. The summed E-state index contributed by atoms with van der Waals surface area (Å²) in [6.07, 6.45) is 2.94. The van der Waals surface area contributed by atoms with E-state index in [4.69, 9.17) is 5.73 Å². The molecule has 8 nitrogen and oxygen atoms in total. The molecule has 21 heavy (non-hydrogen) atoms. The Bertz CT molecular complexity index is 847. The molecule has 0 aliphatic heterocycles. The summed E-state index contributed by atoms with van der Waals surface area (Å²) in [5.74, 6) is 0.303. The number of hydrogen-bond acceptors (Lipinski definition) is 6. The fraction of sp³-hybridized carbons (Fsp3) is 0.0833. The van der Waals surface area contributed by atoms with Crippen LogP contribution in [0.4, 0.5) is 11.5 Å². The van der Waals surface area contributed by atoms with Gasteiger partial charge < -0.3 is 10.3 Å². The van der Waals surface area contributed by atoms with Crippen molar-refractivity contribution in [3.8, 4) is 0 Å². The summed E-state index contributed by atoms with van der Waals surface area (Å²) in [5, 5.41) is 11.0. The Morgan fingerprint density at radius 2 is 2.14 bits per heavy atom. The Balaban J connectivity index is 2.05. The van der Waals surface area contributed by atoms with Gasteiger partial charge in [-0.2, -0.15) is 0 Å². The smallest absolute Gasteiger partial charge is 0.283 e. The Morgan fingerprint density at radius 3 is 2.90 bits per heavy atom. The average Bonchev–Trinajstić information content (AvgIpc) is 2.85. The van der Waals surface area contributed by atoms with Gasteiger partial charge in [0.15, 0.2) is 11.5 Å². The van der Waals surface area contributed by atoms with Gasteiger partial charge >= 0.3 is 0 Å². The van der Waals surface area contributed by atoms with Crippen LogP contribution in [0.5, 0.6) is 0 Å². The van der Waals surface area contributed by atoms with Crippen LogP contribution >= 0.6 is 15.9 Å². The molecule has 3 rings (SSSR count). The van der Waals surface area contributed by atoms with E-state index < -0.39 is 4.92 Å². The zero-order valence-corrected chi connectivity index (χ0v) is 12.2. The fourth-order valence-corrected chi connectivity index (χ4v) is 2.56. The van der Waals surface area contributed by atoms with E-state index >= 15 is 0 Å². The highest BCUT2D eigenvalue weighted by Crippen LogP contribution is 2.29. The largest absolute Gasteiger partial charge is 0.382 e. The van der Waals surface area contributed by atoms with Crippen LogP contribution in [0.3, 0.4) is 0 Å². The summed E-state index contributed by atoms with van der Waals surface area (Å²) in [4.78, 5) is 22.7. The molecular weight excluding hydrogens is 340 g/mol. The second-order valence-corrected chi connectivity index (χ2v) is 5.10. The van der Waals surface area contributed by atoms with Gasteiger partial charge in [0.05, 0.1) is 17.8 Å². The molecule has 0 saturated carbocycles. The number of nitro groups is 1. The van der Waals surface area contributed by atoms with Crippen LogP contribution < -0.4 is 5.73 Å². The molecule has 0 fully saturated rings. The number of nitrogens with two attached hydrogens (primary N) is 1. The normalized spacial score (nSPS) is 10.9. The van der Waals surface area contributed by atoms with Crippen molar-refractivity contribution in [3.63, 3.8) is 0 Å². The van der Waals surface area contributed by atoms with E-state index in [1.165, 1.54) is 12.4 Å². The van der Waals surface area contributed by atoms with Gasteiger partial charge in [-0.25, -0.2) is 15.0 Å². The third-order valence-electron chi connectivity index (χ3n) is 3.03. The van der Waals surface area contributed by atoms with Gasteiger partial charge in [-0.05, 0) is 21.5 Å². The highest BCUT2D eigenvalue weighted by Gasteiger charge is 2.16. The van der Waals surface area contributed by atoms with Crippen molar-refractivity contribution in [3.05, 3.63) is 51.0 Å². The van der Waals surface area contributed by atoms with E-state index in [0.717, 1.165) is 5.56 Å². The number of nitro benzene ring substituents is 1. The van der Waals surface area contributed by atoms with Crippen LogP contribution in [0.25, 0.3) is 11.2 Å². The Kier molecular flexibility index (Phi) is 3.26. The first-order valence-corrected chi connectivity index (χ1v) is 6.70. The molecule has 0 unspecified atom stereocenters. The maximum atomic E-state index is 11.0. The zero-order valence-electron chi connectivity index (χ0n) is 10.6. The Hall–Kier alpha value is -2.55. The predicted molar refractivity (Wildman–Crippen MR) is 79.6 cm³/mol. The number of benzene rings is 1. The summed E-state index contributed by atoms with van der Waals surface area (Å²) in [5.41, 5.74) is 7.60. The fourth-order valence-electron chi connectivity index (χ4n) is 2.03. The molecule has 1 aromatic carbocycles. The molecule has 0 aliphatic carbocycles. The average molecular weight is 349 g/mol. The van der Waals surface area contributed by atoms with Crippen LogP contribution in [0.2, 0.25) is 0 Å². The van der Waals surface area contributed by atoms with Gasteiger partial charge in [-0.3, -0.25) is 10.1 Å². The molecule has 0 atom stereocenters. The van der Waals surface area contributed by atoms with Crippen LogP contribution in [-0.4, -0.2) is 24.4 Å². The first kappa shape index (κ1) is 13.4. The minimum atomic E-state index is -0.431. The van der Waals surface area contributed by atoms with Gasteiger partial charge in [0.25, 0.3) is 5.69 Å². The molecule has 0 bridgehead atoms. The molecule has 2 heterocycles. The third kappa shape index (κ3) is 2.31. The number of nitrogens with zero attached hydrogens (tertiary/aromatic N) is 5. The Labute approximate surface area is 126 Å². The number of nitrogen functional groups attached to an aromatic ring is 1. The zero-order chi connectivity index (χ0) is 15.0. The Morgan fingerprint density at radius 1 is 1.33 bits per heavy atom. The van der Waals surface area contributed by atoms with Crippen LogP contribution in [0.15, 0.2) is 35.3 Å². The van der Waals surface area contributed by atoms with E-state index in [0.29, 0.717) is 28.0 Å². The highest BCUT2D eigenvalue weighted by atomic mass is 79.9. The molecule has 0 radical (unpaired) electrons. The van der Waals surface area contributed by atoms with E-state index in [-0.39, 0.29) is 5.69 Å². The summed E-state index contributed by atoms with van der Waals surface area (Å²) >= 11 is 3.27. The van der Waals surface area contributed by atoms with Gasteiger partial charge in [-0.1, -0.05) is 12.1 Å². The summed E-state index contributed by atoms with van der Waals surface area (Å²) < 4.78 is 2.20. The molecule has 2 N–H and O–H groups in total.